The molecule has 28 heavy (non-hydrogen) atoms. The number of likely N-dealkylation sites (tertiary alicyclic amines) is 1. The van der Waals surface area contributed by atoms with Gasteiger partial charge in [0.15, 0.2) is 6.61 Å². The van der Waals surface area contributed by atoms with Gasteiger partial charge in [-0.25, -0.2) is 9.78 Å². The van der Waals surface area contributed by atoms with Crippen LogP contribution < -0.4 is 0 Å². The molecule has 1 aromatic carbocycles. The van der Waals surface area contributed by atoms with Crippen molar-refractivity contribution in [3.8, 4) is 0 Å². The molecule has 1 aliphatic heterocycles. The Hall–Kier alpha value is -2.69. The summed E-state index contributed by atoms with van der Waals surface area (Å²) in [5.74, 6) is 0.796. The zero-order valence-electron chi connectivity index (χ0n) is 16.0. The first-order valence-electron chi connectivity index (χ1n) is 10.2. The Morgan fingerprint density at radius 3 is 2.79 bits per heavy atom. The van der Waals surface area contributed by atoms with Crippen molar-refractivity contribution in [3.05, 3.63) is 48.2 Å². The van der Waals surface area contributed by atoms with Crippen LogP contribution in [0.3, 0.4) is 0 Å². The maximum atomic E-state index is 12.4. The van der Waals surface area contributed by atoms with Crippen LogP contribution in [0.1, 0.15) is 37.8 Å². The van der Waals surface area contributed by atoms with Gasteiger partial charge in [-0.15, -0.1) is 0 Å². The fourth-order valence-corrected chi connectivity index (χ4v) is 4.43. The molecule has 0 radical (unpaired) electrons. The van der Waals surface area contributed by atoms with Crippen LogP contribution in [-0.4, -0.2) is 41.5 Å². The van der Waals surface area contributed by atoms with Crippen LogP contribution >= 0.6 is 0 Å². The standard InChI is InChI=1S/C23H26N2O3/c26-22(25-14-13-17-5-1-2-7-19(17)15-25)16-28-23(27)12-11-20-10-9-18-6-3-4-8-21(18)24-20/h3-4,6,8-12,17,19H,1-2,5,7,13-16H2/b12-11+/t17-,19-/m1/s1. The number of piperidine rings is 1. The van der Waals surface area contributed by atoms with Gasteiger partial charge in [-0.05, 0) is 42.9 Å². The van der Waals surface area contributed by atoms with Crippen molar-refractivity contribution in [2.45, 2.75) is 32.1 Å². The Morgan fingerprint density at radius 1 is 1.07 bits per heavy atom. The lowest BCUT2D eigenvalue weighted by Crippen LogP contribution is -2.46. The SMILES string of the molecule is O=C(/C=C/c1ccc2ccccc2n1)OCC(=O)N1CC[C@H]2CCCC[C@@H]2C1. The molecule has 1 amide bonds. The summed E-state index contributed by atoms with van der Waals surface area (Å²) in [6, 6.07) is 11.6. The fraction of sp³-hybridized carbons (Fsp3) is 0.435. The Morgan fingerprint density at radius 2 is 1.89 bits per heavy atom. The molecule has 1 saturated heterocycles. The monoisotopic (exact) mass is 378 g/mol. The van der Waals surface area contributed by atoms with Crippen molar-refractivity contribution in [2.75, 3.05) is 19.7 Å². The number of hydrogen-bond donors (Lipinski definition) is 0. The Kier molecular flexibility index (Phi) is 5.70. The minimum Gasteiger partial charge on any atom is -0.452 e. The van der Waals surface area contributed by atoms with Crippen LogP contribution in [0.4, 0.5) is 0 Å². The number of carbonyl (C=O) groups is 2. The van der Waals surface area contributed by atoms with E-state index in [1.807, 2.05) is 41.3 Å². The molecule has 0 spiro atoms. The number of pyridine rings is 1. The van der Waals surface area contributed by atoms with Crippen molar-refractivity contribution in [2.24, 2.45) is 11.8 Å². The van der Waals surface area contributed by atoms with Crippen LogP contribution in [0.25, 0.3) is 17.0 Å². The predicted molar refractivity (Wildman–Crippen MR) is 108 cm³/mol. The Bertz CT molecular complexity index is 892. The number of fused-ring (bicyclic) bond motifs is 2. The fourth-order valence-electron chi connectivity index (χ4n) is 4.43. The number of amides is 1. The van der Waals surface area contributed by atoms with Gasteiger partial charge in [0, 0.05) is 24.6 Å². The Balaban J connectivity index is 1.27. The second kappa shape index (κ2) is 8.55. The number of nitrogens with zero attached hydrogens (tertiary/aromatic N) is 2. The van der Waals surface area contributed by atoms with Crippen LogP contribution in [0.2, 0.25) is 0 Å². The summed E-state index contributed by atoms with van der Waals surface area (Å²) in [5, 5.41) is 1.05. The third-order valence-corrected chi connectivity index (χ3v) is 5.99. The molecular formula is C23H26N2O3. The zero-order chi connectivity index (χ0) is 19.3. The number of para-hydroxylation sites is 1. The first-order valence-corrected chi connectivity index (χ1v) is 10.2. The topological polar surface area (TPSA) is 59.5 Å². The van der Waals surface area contributed by atoms with Crippen molar-refractivity contribution >= 4 is 28.9 Å². The molecule has 2 fully saturated rings. The maximum Gasteiger partial charge on any atom is 0.331 e. The van der Waals surface area contributed by atoms with Gasteiger partial charge in [0.1, 0.15) is 0 Å². The molecule has 2 heterocycles. The predicted octanol–water partition coefficient (Wildman–Crippen LogP) is 3.83. The molecule has 5 nitrogen and oxygen atoms in total. The Labute approximate surface area is 165 Å². The maximum absolute atomic E-state index is 12.4. The van der Waals surface area contributed by atoms with Crippen LogP contribution in [0, 0.1) is 11.8 Å². The smallest absolute Gasteiger partial charge is 0.331 e. The first-order chi connectivity index (χ1) is 13.7. The molecule has 0 unspecified atom stereocenters. The number of esters is 1. The van der Waals surface area contributed by atoms with E-state index in [0.29, 0.717) is 11.6 Å². The van der Waals surface area contributed by atoms with E-state index >= 15 is 0 Å². The lowest BCUT2D eigenvalue weighted by atomic mass is 9.75. The van der Waals surface area contributed by atoms with E-state index in [1.165, 1.54) is 31.8 Å². The van der Waals surface area contributed by atoms with E-state index in [0.717, 1.165) is 36.3 Å². The van der Waals surface area contributed by atoms with Gasteiger partial charge >= 0.3 is 5.97 Å². The third kappa shape index (κ3) is 4.41. The van der Waals surface area contributed by atoms with Crippen molar-refractivity contribution in [1.82, 2.24) is 9.88 Å². The molecule has 146 valence electrons. The number of rotatable bonds is 4. The highest BCUT2D eigenvalue weighted by Crippen LogP contribution is 2.36. The number of aromatic nitrogens is 1. The summed E-state index contributed by atoms with van der Waals surface area (Å²) in [6.45, 7) is 1.41. The van der Waals surface area contributed by atoms with Gasteiger partial charge < -0.3 is 9.64 Å². The van der Waals surface area contributed by atoms with Gasteiger partial charge in [-0.3, -0.25) is 4.79 Å². The van der Waals surface area contributed by atoms with Gasteiger partial charge in [0.2, 0.25) is 0 Å². The summed E-state index contributed by atoms with van der Waals surface area (Å²) in [6.07, 6.45) is 9.14. The van der Waals surface area contributed by atoms with Crippen molar-refractivity contribution in [1.29, 1.82) is 0 Å². The zero-order valence-corrected chi connectivity index (χ0v) is 16.0. The third-order valence-electron chi connectivity index (χ3n) is 5.99. The van der Waals surface area contributed by atoms with Gasteiger partial charge in [0.05, 0.1) is 11.2 Å². The molecule has 1 saturated carbocycles. The minimum atomic E-state index is -0.518. The van der Waals surface area contributed by atoms with E-state index < -0.39 is 5.97 Å². The van der Waals surface area contributed by atoms with E-state index in [9.17, 15) is 9.59 Å². The van der Waals surface area contributed by atoms with Crippen molar-refractivity contribution in [3.63, 3.8) is 0 Å². The highest BCUT2D eigenvalue weighted by Gasteiger charge is 2.32. The summed E-state index contributed by atoms with van der Waals surface area (Å²) < 4.78 is 5.16. The van der Waals surface area contributed by atoms with Crippen LogP contribution in [0.15, 0.2) is 42.5 Å². The number of hydrogen-bond acceptors (Lipinski definition) is 4. The summed E-state index contributed by atoms with van der Waals surface area (Å²) in [4.78, 5) is 30.8. The molecule has 5 heteroatoms. The first kappa shape index (κ1) is 18.7. The molecule has 2 aliphatic rings. The van der Waals surface area contributed by atoms with Crippen molar-refractivity contribution < 1.29 is 14.3 Å². The normalized spacial score (nSPS) is 22.2. The highest BCUT2D eigenvalue weighted by atomic mass is 16.5. The minimum absolute atomic E-state index is 0.0883. The van der Waals surface area contributed by atoms with Gasteiger partial charge in [-0.1, -0.05) is 43.5 Å². The lowest BCUT2D eigenvalue weighted by molar-refractivity contribution is -0.149. The summed E-state index contributed by atoms with van der Waals surface area (Å²) in [5.41, 5.74) is 1.56. The average molecular weight is 378 g/mol. The number of ether oxygens (including phenoxy) is 1. The van der Waals surface area contributed by atoms with E-state index in [1.54, 1.807) is 6.08 Å². The van der Waals surface area contributed by atoms with Gasteiger partial charge in [0.25, 0.3) is 5.91 Å². The molecule has 2 aromatic rings. The highest BCUT2D eigenvalue weighted by molar-refractivity contribution is 5.89. The number of benzene rings is 1. The summed E-state index contributed by atoms with van der Waals surface area (Å²) in [7, 11) is 0. The second-order valence-corrected chi connectivity index (χ2v) is 7.80. The largest absolute Gasteiger partial charge is 0.452 e. The summed E-state index contributed by atoms with van der Waals surface area (Å²) >= 11 is 0. The molecule has 4 rings (SSSR count). The molecule has 0 N–H and O–H groups in total. The molecule has 1 aliphatic carbocycles. The molecule has 2 atom stereocenters. The average Bonchev–Trinajstić information content (AvgIpc) is 2.75. The van der Waals surface area contributed by atoms with Crippen LogP contribution in [-0.2, 0) is 14.3 Å². The van der Waals surface area contributed by atoms with E-state index in [4.69, 9.17) is 4.74 Å². The second-order valence-electron chi connectivity index (χ2n) is 7.80. The van der Waals surface area contributed by atoms with E-state index in [-0.39, 0.29) is 12.5 Å². The molecular weight excluding hydrogens is 352 g/mol. The lowest BCUT2D eigenvalue weighted by Gasteiger charge is -2.41. The molecule has 1 aromatic heterocycles. The van der Waals surface area contributed by atoms with Crippen LogP contribution in [0.5, 0.6) is 0 Å². The van der Waals surface area contributed by atoms with Gasteiger partial charge in [-0.2, -0.15) is 0 Å². The quantitative estimate of drug-likeness (QED) is 0.599. The molecule has 0 bridgehead atoms. The number of carbonyl (C=O) groups excluding carboxylic acids is 2. The van der Waals surface area contributed by atoms with E-state index in [2.05, 4.69) is 4.98 Å².